The van der Waals surface area contributed by atoms with E-state index < -0.39 is 0 Å². The molecule has 0 saturated carbocycles. The highest BCUT2D eigenvalue weighted by Crippen LogP contribution is 2.13. The number of aromatic nitrogens is 1. The molecule has 0 bridgehead atoms. The minimum atomic E-state index is 0.662. The summed E-state index contributed by atoms with van der Waals surface area (Å²) in [5.74, 6) is 0.723. The molecule has 0 spiro atoms. The summed E-state index contributed by atoms with van der Waals surface area (Å²) >= 11 is 1.76. The van der Waals surface area contributed by atoms with Crippen LogP contribution in [-0.2, 0) is 6.42 Å². The van der Waals surface area contributed by atoms with Gasteiger partial charge in [0.25, 0.3) is 0 Å². The first-order valence-electron chi connectivity index (χ1n) is 5.85. The van der Waals surface area contributed by atoms with Crippen LogP contribution in [-0.4, -0.2) is 17.6 Å². The van der Waals surface area contributed by atoms with Crippen molar-refractivity contribution in [3.63, 3.8) is 0 Å². The number of rotatable bonds is 7. The lowest BCUT2D eigenvalue weighted by Gasteiger charge is -2.21. The molecule has 0 aliphatic rings. The molecular weight excluding hydrogens is 204 g/mol. The number of nitrogens with zero attached hydrogens (tertiary/aromatic N) is 1. The van der Waals surface area contributed by atoms with Crippen LogP contribution in [0.15, 0.2) is 11.6 Å². The Morgan fingerprint density at radius 2 is 2.27 bits per heavy atom. The molecule has 1 N–H and O–H groups in total. The number of aryl methyl sites for hydroxylation is 1. The van der Waals surface area contributed by atoms with Gasteiger partial charge in [0.2, 0.25) is 0 Å². The molecule has 86 valence electrons. The zero-order valence-corrected chi connectivity index (χ0v) is 10.8. The third kappa shape index (κ3) is 4.76. The average Bonchev–Trinajstić information content (AvgIpc) is 2.69. The molecule has 0 aromatic carbocycles. The summed E-state index contributed by atoms with van der Waals surface area (Å²) in [4.78, 5) is 4.30. The van der Waals surface area contributed by atoms with E-state index >= 15 is 0 Å². The van der Waals surface area contributed by atoms with Crippen molar-refractivity contribution in [3.8, 4) is 0 Å². The van der Waals surface area contributed by atoms with E-state index in [1.807, 2.05) is 6.20 Å². The quantitative estimate of drug-likeness (QED) is 0.773. The first kappa shape index (κ1) is 12.7. The molecule has 1 rings (SSSR count). The molecule has 0 aliphatic heterocycles. The van der Waals surface area contributed by atoms with Crippen LogP contribution in [0.25, 0.3) is 0 Å². The fraction of sp³-hybridized carbons (Fsp3) is 0.750. The summed E-state index contributed by atoms with van der Waals surface area (Å²) in [5, 5.41) is 6.87. The molecule has 1 aromatic heterocycles. The van der Waals surface area contributed by atoms with Crippen molar-refractivity contribution in [2.45, 2.75) is 46.1 Å². The van der Waals surface area contributed by atoms with Crippen molar-refractivity contribution < 1.29 is 0 Å². The number of hydrogen-bond donors (Lipinski definition) is 1. The molecule has 2 nitrogen and oxygen atoms in total. The van der Waals surface area contributed by atoms with Gasteiger partial charge in [0.15, 0.2) is 0 Å². The first-order chi connectivity index (χ1) is 7.24. The van der Waals surface area contributed by atoms with Gasteiger partial charge in [0.1, 0.15) is 0 Å². The minimum absolute atomic E-state index is 0.662. The highest BCUT2D eigenvalue weighted by Gasteiger charge is 2.11. The Bertz CT molecular complexity index is 244. The van der Waals surface area contributed by atoms with Crippen LogP contribution in [0, 0.1) is 5.92 Å². The second-order valence-electron chi connectivity index (χ2n) is 4.23. The largest absolute Gasteiger partial charge is 0.314 e. The van der Waals surface area contributed by atoms with Gasteiger partial charge >= 0.3 is 0 Å². The summed E-state index contributed by atoms with van der Waals surface area (Å²) in [7, 11) is 0. The van der Waals surface area contributed by atoms with Crippen LogP contribution in [0.1, 0.15) is 38.6 Å². The summed E-state index contributed by atoms with van der Waals surface area (Å²) in [6, 6.07) is 0.662. The highest BCUT2D eigenvalue weighted by atomic mass is 32.1. The second kappa shape index (κ2) is 6.96. The van der Waals surface area contributed by atoms with Crippen molar-refractivity contribution >= 4 is 11.3 Å². The van der Waals surface area contributed by atoms with Gasteiger partial charge in [-0.3, -0.25) is 0 Å². The van der Waals surface area contributed by atoms with Crippen molar-refractivity contribution in [3.05, 3.63) is 16.6 Å². The second-order valence-corrected chi connectivity index (χ2v) is 5.21. The number of hydrogen-bond acceptors (Lipinski definition) is 3. The van der Waals surface area contributed by atoms with Gasteiger partial charge in [-0.05, 0) is 31.7 Å². The lowest BCUT2D eigenvalue weighted by Crippen LogP contribution is -2.33. The zero-order chi connectivity index (χ0) is 11.1. The monoisotopic (exact) mass is 226 g/mol. The lowest BCUT2D eigenvalue weighted by molar-refractivity contribution is 0.377. The Balaban J connectivity index is 2.22. The molecule has 1 aromatic rings. The van der Waals surface area contributed by atoms with E-state index in [2.05, 4.69) is 36.5 Å². The fourth-order valence-electron chi connectivity index (χ4n) is 1.78. The van der Waals surface area contributed by atoms with Gasteiger partial charge in [-0.25, -0.2) is 4.98 Å². The van der Waals surface area contributed by atoms with Crippen LogP contribution in [0.4, 0.5) is 0 Å². The van der Waals surface area contributed by atoms with E-state index in [1.54, 1.807) is 11.3 Å². The van der Waals surface area contributed by atoms with Crippen molar-refractivity contribution in [2.75, 3.05) is 6.54 Å². The molecule has 3 heteroatoms. The molecule has 1 unspecified atom stereocenters. The molecule has 0 radical (unpaired) electrons. The predicted octanol–water partition coefficient (Wildman–Crippen LogP) is 3.10. The Morgan fingerprint density at radius 3 is 2.80 bits per heavy atom. The van der Waals surface area contributed by atoms with Crippen LogP contribution in [0.5, 0.6) is 0 Å². The normalized spacial score (nSPS) is 13.3. The van der Waals surface area contributed by atoms with Gasteiger partial charge < -0.3 is 5.32 Å². The Labute approximate surface area is 97.1 Å². The van der Waals surface area contributed by atoms with E-state index in [9.17, 15) is 0 Å². The van der Waals surface area contributed by atoms with E-state index in [4.69, 9.17) is 0 Å². The van der Waals surface area contributed by atoms with Crippen LogP contribution < -0.4 is 5.32 Å². The summed E-state index contributed by atoms with van der Waals surface area (Å²) < 4.78 is 0. The summed E-state index contributed by atoms with van der Waals surface area (Å²) in [6.07, 6.45) is 5.52. The number of nitrogens with one attached hydrogen (secondary N) is 1. The number of thiazole rings is 1. The van der Waals surface area contributed by atoms with Crippen LogP contribution in [0.3, 0.4) is 0 Å². The molecule has 1 atom stereocenters. The molecule has 1 heterocycles. The van der Waals surface area contributed by atoms with E-state index in [0.717, 1.165) is 18.9 Å². The van der Waals surface area contributed by atoms with E-state index in [0.29, 0.717) is 6.04 Å². The Hall–Kier alpha value is -0.410. The molecule has 15 heavy (non-hydrogen) atoms. The Kier molecular flexibility index (Phi) is 5.88. The topological polar surface area (TPSA) is 24.9 Å². The molecule has 0 saturated heterocycles. The maximum atomic E-state index is 4.30. The van der Waals surface area contributed by atoms with Gasteiger partial charge in [-0.15, -0.1) is 11.3 Å². The van der Waals surface area contributed by atoms with Crippen molar-refractivity contribution in [1.82, 2.24) is 10.3 Å². The SMILES string of the molecule is CCNC(CCCc1nccs1)C(C)C. The van der Waals surface area contributed by atoms with Crippen LogP contribution >= 0.6 is 11.3 Å². The molecular formula is C12H22N2S. The molecule has 0 fully saturated rings. The zero-order valence-electron chi connectivity index (χ0n) is 9.99. The van der Waals surface area contributed by atoms with Gasteiger partial charge in [0.05, 0.1) is 5.01 Å². The van der Waals surface area contributed by atoms with Gasteiger partial charge in [-0.1, -0.05) is 20.8 Å². The highest BCUT2D eigenvalue weighted by molar-refractivity contribution is 7.09. The maximum absolute atomic E-state index is 4.30. The van der Waals surface area contributed by atoms with Crippen molar-refractivity contribution in [1.29, 1.82) is 0 Å². The van der Waals surface area contributed by atoms with Crippen molar-refractivity contribution in [2.24, 2.45) is 5.92 Å². The third-order valence-electron chi connectivity index (χ3n) is 2.66. The summed E-state index contributed by atoms with van der Waals surface area (Å²) in [5.41, 5.74) is 0. The maximum Gasteiger partial charge on any atom is 0.0924 e. The predicted molar refractivity (Wildman–Crippen MR) is 67.4 cm³/mol. The minimum Gasteiger partial charge on any atom is -0.314 e. The third-order valence-corrected chi connectivity index (χ3v) is 3.50. The molecule has 0 aliphatic carbocycles. The average molecular weight is 226 g/mol. The standard InChI is InChI=1S/C12H22N2S/c1-4-13-11(10(2)3)6-5-7-12-14-8-9-15-12/h8-11,13H,4-7H2,1-3H3. The van der Waals surface area contributed by atoms with Crippen LogP contribution in [0.2, 0.25) is 0 Å². The fourth-order valence-corrected chi connectivity index (χ4v) is 2.45. The summed E-state index contributed by atoms with van der Waals surface area (Å²) in [6.45, 7) is 7.82. The molecule has 0 amide bonds. The first-order valence-corrected chi connectivity index (χ1v) is 6.73. The van der Waals surface area contributed by atoms with Gasteiger partial charge in [0, 0.05) is 17.6 Å². The Morgan fingerprint density at radius 1 is 1.47 bits per heavy atom. The van der Waals surface area contributed by atoms with Gasteiger partial charge in [-0.2, -0.15) is 0 Å². The van der Waals surface area contributed by atoms with E-state index in [1.165, 1.54) is 17.8 Å². The smallest absolute Gasteiger partial charge is 0.0924 e. The lowest BCUT2D eigenvalue weighted by atomic mass is 9.98. The van der Waals surface area contributed by atoms with E-state index in [-0.39, 0.29) is 0 Å².